The van der Waals surface area contributed by atoms with E-state index in [0.717, 1.165) is 6.54 Å². The van der Waals surface area contributed by atoms with Gasteiger partial charge in [0.05, 0.1) is 11.7 Å². The van der Waals surface area contributed by atoms with Crippen molar-refractivity contribution in [3.8, 4) is 0 Å². The third-order valence-electron chi connectivity index (χ3n) is 3.34. The fourth-order valence-corrected chi connectivity index (χ4v) is 2.23. The Morgan fingerprint density at radius 3 is 2.69 bits per heavy atom. The van der Waals surface area contributed by atoms with Crippen molar-refractivity contribution < 1.29 is 8.78 Å². The zero-order valence-corrected chi connectivity index (χ0v) is 8.87. The molecule has 0 atom stereocenters. The lowest BCUT2D eigenvalue weighted by atomic mass is 9.72. The minimum Gasteiger partial charge on any atom is -0.320 e. The average Bonchev–Trinajstić information content (AvgIpc) is 2.77. The van der Waals surface area contributed by atoms with Crippen LogP contribution in [-0.2, 0) is 12.1 Å². The van der Waals surface area contributed by atoms with Gasteiger partial charge in [0.25, 0.3) is 5.92 Å². The molecule has 16 heavy (non-hydrogen) atoms. The van der Waals surface area contributed by atoms with E-state index < -0.39 is 11.5 Å². The van der Waals surface area contributed by atoms with E-state index in [-0.39, 0.29) is 12.8 Å². The molecule has 1 heterocycles. The van der Waals surface area contributed by atoms with E-state index in [1.54, 1.807) is 10.9 Å². The van der Waals surface area contributed by atoms with E-state index in [1.165, 1.54) is 12.8 Å². The molecule has 0 saturated heterocycles. The van der Waals surface area contributed by atoms with Gasteiger partial charge >= 0.3 is 0 Å². The molecule has 0 aliphatic heterocycles. The minimum absolute atomic E-state index is 0.317. The van der Waals surface area contributed by atoms with E-state index in [9.17, 15) is 8.78 Å². The van der Waals surface area contributed by atoms with Crippen LogP contribution in [0.15, 0.2) is 6.20 Å². The second kappa shape index (κ2) is 3.00. The zero-order valence-electron chi connectivity index (χ0n) is 8.87. The van der Waals surface area contributed by atoms with Crippen molar-refractivity contribution in [3.63, 3.8) is 0 Å². The van der Waals surface area contributed by atoms with Gasteiger partial charge in [0.1, 0.15) is 5.69 Å². The summed E-state index contributed by atoms with van der Waals surface area (Å²) >= 11 is 0. The first kappa shape index (κ1) is 10.1. The summed E-state index contributed by atoms with van der Waals surface area (Å²) in [4.78, 5) is 0. The largest absolute Gasteiger partial charge is 0.320 e. The van der Waals surface area contributed by atoms with Gasteiger partial charge in [-0.05, 0) is 18.8 Å². The standard InChI is InChI=1S/C10H14F2N4/c11-10(12)5-9(13,6-10)8-4-16(15-14-8)3-7-1-2-7/h4,7H,1-3,5-6,13H2. The maximum atomic E-state index is 12.8. The molecule has 0 spiro atoms. The number of alkyl halides is 2. The molecule has 2 saturated carbocycles. The van der Waals surface area contributed by atoms with Crippen LogP contribution < -0.4 is 5.73 Å². The fraction of sp³-hybridized carbons (Fsp3) is 0.800. The lowest BCUT2D eigenvalue weighted by Gasteiger charge is -2.42. The Balaban J connectivity index is 1.72. The summed E-state index contributed by atoms with van der Waals surface area (Å²) in [5.41, 5.74) is 5.40. The van der Waals surface area contributed by atoms with Crippen molar-refractivity contribution in [2.45, 2.75) is 43.7 Å². The number of nitrogens with zero attached hydrogens (tertiary/aromatic N) is 3. The van der Waals surface area contributed by atoms with Crippen LogP contribution in [0.3, 0.4) is 0 Å². The van der Waals surface area contributed by atoms with Crippen LogP contribution in [0.5, 0.6) is 0 Å². The first-order chi connectivity index (χ1) is 7.47. The Morgan fingerprint density at radius 1 is 1.44 bits per heavy atom. The highest BCUT2D eigenvalue weighted by molar-refractivity contribution is 5.18. The second-order valence-electron chi connectivity index (χ2n) is 5.13. The van der Waals surface area contributed by atoms with Crippen molar-refractivity contribution in [2.75, 3.05) is 0 Å². The van der Waals surface area contributed by atoms with E-state index in [1.807, 2.05) is 0 Å². The maximum Gasteiger partial charge on any atom is 0.252 e. The molecule has 2 aliphatic rings. The first-order valence-electron chi connectivity index (χ1n) is 5.54. The quantitative estimate of drug-likeness (QED) is 0.847. The molecule has 1 aromatic heterocycles. The SMILES string of the molecule is NC1(c2cn(CC3CC3)nn2)CC(F)(F)C1. The smallest absolute Gasteiger partial charge is 0.252 e. The number of hydrogen-bond acceptors (Lipinski definition) is 3. The lowest BCUT2D eigenvalue weighted by Crippen LogP contribution is -2.55. The van der Waals surface area contributed by atoms with Crippen LogP contribution in [0, 0.1) is 5.92 Å². The monoisotopic (exact) mass is 228 g/mol. The molecule has 0 radical (unpaired) electrons. The van der Waals surface area contributed by atoms with E-state index in [2.05, 4.69) is 10.3 Å². The molecule has 3 rings (SSSR count). The van der Waals surface area contributed by atoms with E-state index >= 15 is 0 Å². The molecule has 2 fully saturated rings. The predicted octanol–water partition coefficient (Wildman–Crippen LogP) is 1.27. The van der Waals surface area contributed by atoms with Crippen molar-refractivity contribution in [3.05, 3.63) is 11.9 Å². The van der Waals surface area contributed by atoms with Crippen LogP contribution in [0.2, 0.25) is 0 Å². The normalized spacial score (nSPS) is 26.4. The number of hydrogen-bond donors (Lipinski definition) is 1. The molecular formula is C10H14F2N4. The summed E-state index contributed by atoms with van der Waals surface area (Å²) in [6, 6.07) is 0. The van der Waals surface area contributed by atoms with Gasteiger partial charge in [-0.2, -0.15) is 0 Å². The summed E-state index contributed by atoms with van der Waals surface area (Å²) in [6.07, 6.45) is 3.53. The molecule has 0 aromatic carbocycles. The van der Waals surface area contributed by atoms with Crippen molar-refractivity contribution in [1.29, 1.82) is 0 Å². The maximum absolute atomic E-state index is 12.8. The van der Waals surface area contributed by atoms with Gasteiger partial charge in [0, 0.05) is 19.4 Å². The van der Waals surface area contributed by atoms with Gasteiger partial charge < -0.3 is 5.73 Å². The van der Waals surface area contributed by atoms with Crippen LogP contribution in [0.25, 0.3) is 0 Å². The number of nitrogens with two attached hydrogens (primary N) is 1. The van der Waals surface area contributed by atoms with Crippen LogP contribution in [0.4, 0.5) is 8.78 Å². The molecule has 1 aromatic rings. The Bertz CT molecular complexity index is 403. The summed E-state index contributed by atoms with van der Waals surface area (Å²) in [7, 11) is 0. The highest BCUT2D eigenvalue weighted by Crippen LogP contribution is 2.49. The number of rotatable bonds is 3. The van der Waals surface area contributed by atoms with Crippen molar-refractivity contribution in [1.82, 2.24) is 15.0 Å². The van der Waals surface area contributed by atoms with Gasteiger partial charge in [-0.15, -0.1) is 5.10 Å². The number of halogens is 2. The van der Waals surface area contributed by atoms with E-state index in [0.29, 0.717) is 11.6 Å². The van der Waals surface area contributed by atoms with Crippen LogP contribution in [0.1, 0.15) is 31.4 Å². The van der Waals surface area contributed by atoms with Crippen molar-refractivity contribution >= 4 is 0 Å². The summed E-state index contributed by atoms with van der Waals surface area (Å²) in [5, 5.41) is 7.84. The summed E-state index contributed by atoms with van der Waals surface area (Å²) < 4.78 is 27.3. The van der Waals surface area contributed by atoms with Gasteiger partial charge in [-0.1, -0.05) is 5.21 Å². The molecule has 4 nitrogen and oxygen atoms in total. The lowest BCUT2D eigenvalue weighted by molar-refractivity contribution is -0.126. The van der Waals surface area contributed by atoms with Gasteiger partial charge in [0.2, 0.25) is 0 Å². The number of aromatic nitrogens is 3. The van der Waals surface area contributed by atoms with Crippen molar-refractivity contribution in [2.24, 2.45) is 11.7 Å². The second-order valence-corrected chi connectivity index (χ2v) is 5.13. The summed E-state index contributed by atoms with van der Waals surface area (Å²) in [6.45, 7) is 0.833. The van der Waals surface area contributed by atoms with Crippen LogP contribution >= 0.6 is 0 Å². The third-order valence-corrected chi connectivity index (χ3v) is 3.34. The molecule has 2 aliphatic carbocycles. The van der Waals surface area contributed by atoms with Crippen LogP contribution in [-0.4, -0.2) is 20.9 Å². The highest BCUT2D eigenvalue weighted by atomic mass is 19.3. The molecule has 0 bridgehead atoms. The zero-order chi connectivity index (χ0) is 11.4. The third kappa shape index (κ3) is 1.71. The fourth-order valence-electron chi connectivity index (χ4n) is 2.23. The Hall–Kier alpha value is -1.04. The van der Waals surface area contributed by atoms with Gasteiger partial charge in [-0.25, -0.2) is 8.78 Å². The predicted molar refractivity (Wildman–Crippen MR) is 52.8 cm³/mol. The molecular weight excluding hydrogens is 214 g/mol. The first-order valence-corrected chi connectivity index (χ1v) is 5.54. The molecule has 2 N–H and O–H groups in total. The summed E-state index contributed by atoms with van der Waals surface area (Å²) in [5.74, 6) is -1.94. The topological polar surface area (TPSA) is 56.7 Å². The minimum atomic E-state index is -2.63. The highest BCUT2D eigenvalue weighted by Gasteiger charge is 2.56. The van der Waals surface area contributed by atoms with Gasteiger partial charge in [0.15, 0.2) is 0 Å². The molecule has 0 amide bonds. The molecule has 6 heteroatoms. The van der Waals surface area contributed by atoms with E-state index in [4.69, 9.17) is 5.73 Å². The van der Waals surface area contributed by atoms with Gasteiger partial charge in [-0.3, -0.25) is 4.68 Å². The molecule has 0 unspecified atom stereocenters. The molecule has 88 valence electrons. The Morgan fingerprint density at radius 2 is 2.12 bits per heavy atom. The average molecular weight is 228 g/mol. The Kier molecular flexibility index (Phi) is 1.90. The Labute approximate surface area is 91.8 Å².